The maximum atomic E-state index is 5.64. The first-order valence-electron chi connectivity index (χ1n) is 6.61. The number of imidazole rings is 1. The van der Waals surface area contributed by atoms with Gasteiger partial charge in [0.2, 0.25) is 0 Å². The van der Waals surface area contributed by atoms with Crippen molar-refractivity contribution in [2.75, 3.05) is 13.2 Å². The van der Waals surface area contributed by atoms with Crippen LogP contribution in [0.2, 0.25) is 0 Å². The van der Waals surface area contributed by atoms with Crippen molar-refractivity contribution in [2.45, 2.75) is 52.8 Å². The summed E-state index contributed by atoms with van der Waals surface area (Å²) in [5, 5.41) is 3.37. The third-order valence-corrected chi connectivity index (χ3v) is 3.15. The van der Waals surface area contributed by atoms with Gasteiger partial charge in [-0.1, -0.05) is 6.92 Å². The Labute approximate surface area is 103 Å². The average molecular weight is 237 g/mol. The van der Waals surface area contributed by atoms with Crippen molar-refractivity contribution in [3.63, 3.8) is 0 Å². The molecule has 0 atom stereocenters. The Hall–Kier alpha value is -0.870. The van der Waals surface area contributed by atoms with Crippen LogP contribution >= 0.6 is 0 Å². The van der Waals surface area contributed by atoms with Gasteiger partial charge >= 0.3 is 0 Å². The van der Waals surface area contributed by atoms with Crippen molar-refractivity contribution in [2.24, 2.45) is 0 Å². The molecule has 0 spiro atoms. The first-order chi connectivity index (χ1) is 8.22. The number of ether oxygens (including phenoxy) is 1. The molecule has 2 heterocycles. The number of aryl methyl sites for hydroxylation is 1. The molecule has 17 heavy (non-hydrogen) atoms. The molecule has 0 unspecified atom stereocenters. The van der Waals surface area contributed by atoms with Crippen molar-refractivity contribution in [3.05, 3.63) is 17.2 Å². The third-order valence-electron chi connectivity index (χ3n) is 3.15. The highest BCUT2D eigenvalue weighted by Gasteiger charge is 2.18. The van der Waals surface area contributed by atoms with Gasteiger partial charge in [0.15, 0.2) is 0 Å². The van der Waals surface area contributed by atoms with Crippen LogP contribution < -0.4 is 5.32 Å². The Morgan fingerprint density at radius 1 is 1.47 bits per heavy atom. The van der Waals surface area contributed by atoms with E-state index >= 15 is 0 Å². The zero-order valence-electron chi connectivity index (χ0n) is 11.1. The van der Waals surface area contributed by atoms with Crippen LogP contribution in [0.3, 0.4) is 0 Å². The summed E-state index contributed by atoms with van der Waals surface area (Å²) in [5.41, 5.74) is 2.64. The molecule has 0 bridgehead atoms. The molecule has 1 aromatic heterocycles. The molecule has 0 amide bonds. The van der Waals surface area contributed by atoms with Gasteiger partial charge in [-0.05, 0) is 13.8 Å². The molecule has 0 radical (unpaired) electrons. The number of aromatic nitrogens is 2. The SMILES string of the molecule is CCc1nc2c(n1CCOC(C)C)CCNC2. The zero-order chi connectivity index (χ0) is 12.3. The van der Waals surface area contributed by atoms with Gasteiger partial charge in [0.05, 0.1) is 18.4 Å². The van der Waals surface area contributed by atoms with Crippen molar-refractivity contribution in [1.29, 1.82) is 0 Å². The summed E-state index contributed by atoms with van der Waals surface area (Å²) in [6.07, 6.45) is 2.39. The van der Waals surface area contributed by atoms with Crippen LogP contribution in [-0.2, 0) is 30.7 Å². The number of hydrogen-bond acceptors (Lipinski definition) is 3. The summed E-state index contributed by atoms with van der Waals surface area (Å²) >= 11 is 0. The summed E-state index contributed by atoms with van der Waals surface area (Å²) in [4.78, 5) is 4.71. The first-order valence-corrected chi connectivity index (χ1v) is 6.61. The largest absolute Gasteiger partial charge is 0.377 e. The molecule has 4 nitrogen and oxygen atoms in total. The summed E-state index contributed by atoms with van der Waals surface area (Å²) in [7, 11) is 0. The number of hydrogen-bond donors (Lipinski definition) is 1. The predicted octanol–water partition coefficient (Wildman–Crippen LogP) is 1.52. The van der Waals surface area contributed by atoms with Gasteiger partial charge in [0.1, 0.15) is 5.82 Å². The van der Waals surface area contributed by atoms with Crippen molar-refractivity contribution >= 4 is 0 Å². The van der Waals surface area contributed by atoms with Crippen LogP contribution in [0.5, 0.6) is 0 Å². The molecule has 0 saturated heterocycles. The second-order valence-corrected chi connectivity index (χ2v) is 4.77. The Balaban J connectivity index is 2.10. The van der Waals surface area contributed by atoms with Gasteiger partial charge in [-0.2, -0.15) is 0 Å². The molecule has 1 aliphatic heterocycles. The molecular formula is C13H23N3O. The van der Waals surface area contributed by atoms with Crippen molar-refractivity contribution < 1.29 is 4.74 Å². The molecule has 96 valence electrons. The minimum Gasteiger partial charge on any atom is -0.377 e. The lowest BCUT2D eigenvalue weighted by atomic mass is 10.2. The third kappa shape index (κ3) is 2.87. The van der Waals surface area contributed by atoms with Crippen LogP contribution in [0.4, 0.5) is 0 Å². The summed E-state index contributed by atoms with van der Waals surface area (Å²) in [6.45, 7) is 10.0. The van der Waals surface area contributed by atoms with E-state index in [2.05, 4.69) is 30.7 Å². The van der Waals surface area contributed by atoms with Crippen LogP contribution in [-0.4, -0.2) is 28.8 Å². The molecular weight excluding hydrogens is 214 g/mol. The predicted molar refractivity (Wildman–Crippen MR) is 68.1 cm³/mol. The van der Waals surface area contributed by atoms with E-state index in [0.29, 0.717) is 6.10 Å². The highest BCUT2D eigenvalue weighted by atomic mass is 16.5. The molecule has 0 aliphatic carbocycles. The van der Waals surface area contributed by atoms with E-state index in [4.69, 9.17) is 9.72 Å². The van der Waals surface area contributed by atoms with Gasteiger partial charge in [0, 0.05) is 38.2 Å². The van der Waals surface area contributed by atoms with Crippen molar-refractivity contribution in [3.8, 4) is 0 Å². The Bertz CT molecular complexity index is 371. The fourth-order valence-electron chi connectivity index (χ4n) is 2.34. The Morgan fingerprint density at radius 3 is 3.00 bits per heavy atom. The van der Waals surface area contributed by atoms with Crippen LogP contribution in [0, 0.1) is 0 Å². The van der Waals surface area contributed by atoms with E-state index in [0.717, 1.165) is 39.1 Å². The molecule has 1 aliphatic rings. The first kappa shape index (κ1) is 12.6. The minimum atomic E-state index is 0.307. The van der Waals surface area contributed by atoms with Gasteiger partial charge < -0.3 is 14.6 Å². The van der Waals surface area contributed by atoms with E-state index < -0.39 is 0 Å². The maximum absolute atomic E-state index is 5.64. The Morgan fingerprint density at radius 2 is 2.29 bits per heavy atom. The quantitative estimate of drug-likeness (QED) is 0.844. The zero-order valence-corrected chi connectivity index (χ0v) is 11.1. The number of nitrogens with one attached hydrogen (secondary N) is 1. The minimum absolute atomic E-state index is 0.307. The standard InChI is InChI=1S/C13H23N3O/c1-4-13-15-11-9-14-6-5-12(11)16(13)7-8-17-10(2)3/h10,14H,4-9H2,1-3H3. The van der Waals surface area contributed by atoms with E-state index in [9.17, 15) is 0 Å². The van der Waals surface area contributed by atoms with E-state index in [1.807, 2.05) is 0 Å². The molecule has 2 rings (SSSR count). The van der Waals surface area contributed by atoms with Gasteiger partial charge in [-0.15, -0.1) is 0 Å². The Kier molecular flexibility index (Phi) is 4.18. The van der Waals surface area contributed by atoms with Crippen LogP contribution in [0.1, 0.15) is 38.0 Å². The van der Waals surface area contributed by atoms with E-state index in [-0.39, 0.29) is 0 Å². The van der Waals surface area contributed by atoms with Crippen molar-refractivity contribution in [1.82, 2.24) is 14.9 Å². The highest BCUT2D eigenvalue weighted by Crippen LogP contribution is 2.16. The van der Waals surface area contributed by atoms with Gasteiger partial charge in [-0.3, -0.25) is 0 Å². The lowest BCUT2D eigenvalue weighted by molar-refractivity contribution is 0.0719. The summed E-state index contributed by atoms with van der Waals surface area (Å²) in [6, 6.07) is 0. The highest BCUT2D eigenvalue weighted by molar-refractivity contribution is 5.20. The molecule has 0 fully saturated rings. The van der Waals surface area contributed by atoms with E-state index in [1.165, 1.54) is 17.2 Å². The molecule has 1 aromatic rings. The number of fused-ring (bicyclic) bond motifs is 1. The normalized spacial score (nSPS) is 15.3. The number of rotatable bonds is 5. The molecule has 0 saturated carbocycles. The fraction of sp³-hybridized carbons (Fsp3) is 0.769. The topological polar surface area (TPSA) is 39.1 Å². The number of nitrogens with zero attached hydrogens (tertiary/aromatic N) is 2. The van der Waals surface area contributed by atoms with Crippen LogP contribution in [0.15, 0.2) is 0 Å². The average Bonchev–Trinajstić information content (AvgIpc) is 2.67. The molecule has 0 aromatic carbocycles. The molecule has 4 heteroatoms. The monoisotopic (exact) mass is 237 g/mol. The second kappa shape index (κ2) is 5.65. The second-order valence-electron chi connectivity index (χ2n) is 4.77. The summed E-state index contributed by atoms with van der Waals surface area (Å²) in [5.74, 6) is 1.20. The molecule has 1 N–H and O–H groups in total. The lowest BCUT2D eigenvalue weighted by Gasteiger charge is -2.16. The summed E-state index contributed by atoms with van der Waals surface area (Å²) < 4.78 is 8.00. The van der Waals surface area contributed by atoms with Crippen LogP contribution in [0.25, 0.3) is 0 Å². The lowest BCUT2D eigenvalue weighted by Crippen LogP contribution is -2.25. The van der Waals surface area contributed by atoms with Gasteiger partial charge in [-0.25, -0.2) is 4.98 Å². The van der Waals surface area contributed by atoms with Gasteiger partial charge in [0.25, 0.3) is 0 Å². The van der Waals surface area contributed by atoms with E-state index in [1.54, 1.807) is 0 Å². The fourth-order valence-corrected chi connectivity index (χ4v) is 2.34. The smallest absolute Gasteiger partial charge is 0.109 e. The maximum Gasteiger partial charge on any atom is 0.109 e.